The van der Waals surface area contributed by atoms with Crippen LogP contribution in [0.25, 0.3) is 0 Å². The second-order valence-electron chi connectivity index (χ2n) is 22.2. The molecular formula is C64H128O2. The monoisotopic (exact) mass is 929 g/mol. The molecule has 0 aliphatic heterocycles. The summed E-state index contributed by atoms with van der Waals surface area (Å²) in [5, 5.41) is 0. The number of carbonyl (C=O) groups is 1. The lowest BCUT2D eigenvalue weighted by molar-refractivity contribution is -0.149. The topological polar surface area (TPSA) is 26.3 Å². The first-order valence-corrected chi connectivity index (χ1v) is 31.9. The van der Waals surface area contributed by atoms with Crippen molar-refractivity contribution in [2.24, 2.45) is 5.92 Å². The third kappa shape index (κ3) is 56.1. The molecule has 0 amide bonds. The van der Waals surface area contributed by atoms with Gasteiger partial charge in [-0.05, 0) is 19.3 Å². The number of unbranched alkanes of at least 4 members (excludes halogenated alkanes) is 53. The molecule has 0 aliphatic carbocycles. The van der Waals surface area contributed by atoms with Gasteiger partial charge in [0.15, 0.2) is 0 Å². The van der Waals surface area contributed by atoms with E-state index in [1.54, 1.807) is 0 Å². The van der Waals surface area contributed by atoms with Crippen LogP contribution in [0.5, 0.6) is 0 Å². The Bertz CT molecular complexity index is 852. The van der Waals surface area contributed by atoms with Crippen molar-refractivity contribution in [2.45, 2.75) is 393 Å². The average molecular weight is 930 g/mol. The summed E-state index contributed by atoms with van der Waals surface area (Å²) < 4.78 is 5.98. The molecule has 0 radical (unpaired) electrons. The summed E-state index contributed by atoms with van der Waals surface area (Å²) in [5.74, 6) is 0.267. The number of rotatable bonds is 60. The van der Waals surface area contributed by atoms with Crippen molar-refractivity contribution >= 4 is 5.97 Å². The molecule has 0 spiro atoms. The molecule has 0 aromatic carbocycles. The van der Waals surface area contributed by atoms with E-state index in [2.05, 4.69) is 20.8 Å². The number of esters is 1. The molecule has 0 fully saturated rings. The van der Waals surface area contributed by atoms with Gasteiger partial charge in [-0.2, -0.15) is 0 Å². The van der Waals surface area contributed by atoms with Crippen LogP contribution in [0.3, 0.4) is 0 Å². The van der Waals surface area contributed by atoms with Crippen LogP contribution in [0.4, 0.5) is 0 Å². The van der Waals surface area contributed by atoms with Crippen molar-refractivity contribution in [3.05, 3.63) is 0 Å². The highest BCUT2D eigenvalue weighted by molar-refractivity contribution is 5.72. The lowest BCUT2D eigenvalue weighted by Gasteiger charge is -2.16. The first-order valence-electron chi connectivity index (χ1n) is 31.9. The molecule has 1 unspecified atom stereocenters. The molecule has 2 nitrogen and oxygen atoms in total. The molecule has 396 valence electrons. The maximum Gasteiger partial charge on any atom is 0.308 e. The molecule has 0 saturated carbocycles. The maximum atomic E-state index is 13.3. The highest BCUT2D eigenvalue weighted by Gasteiger charge is 2.19. The van der Waals surface area contributed by atoms with Crippen LogP contribution >= 0.6 is 0 Å². The number of ether oxygens (including phenoxy) is 1. The molecule has 0 saturated heterocycles. The normalized spacial score (nSPS) is 12.1. The van der Waals surface area contributed by atoms with E-state index in [0.29, 0.717) is 6.61 Å². The van der Waals surface area contributed by atoms with Gasteiger partial charge in [-0.15, -0.1) is 0 Å². The van der Waals surface area contributed by atoms with Crippen LogP contribution in [-0.2, 0) is 9.53 Å². The SMILES string of the molecule is CCCCCCCCCCCCCCCCCCCCCCOC(=O)C(CCCCCCCCCCCCCCCCCC)CCCCCCCCCCCCCCCCCCCCCC. The van der Waals surface area contributed by atoms with Crippen molar-refractivity contribution in [1.82, 2.24) is 0 Å². The second kappa shape index (κ2) is 60.6. The van der Waals surface area contributed by atoms with Crippen LogP contribution < -0.4 is 0 Å². The Morgan fingerprint density at radius 1 is 0.227 bits per heavy atom. The number of carbonyl (C=O) groups excluding carboxylic acids is 1. The van der Waals surface area contributed by atoms with Gasteiger partial charge in [0, 0.05) is 0 Å². The Labute approximate surface area is 419 Å². The summed E-state index contributed by atoms with van der Waals surface area (Å²) in [7, 11) is 0. The van der Waals surface area contributed by atoms with Crippen LogP contribution in [0.15, 0.2) is 0 Å². The molecule has 0 aromatic heterocycles. The third-order valence-electron chi connectivity index (χ3n) is 15.4. The van der Waals surface area contributed by atoms with Gasteiger partial charge < -0.3 is 4.74 Å². The highest BCUT2D eigenvalue weighted by Crippen LogP contribution is 2.23. The van der Waals surface area contributed by atoms with Gasteiger partial charge in [0.25, 0.3) is 0 Å². The lowest BCUT2D eigenvalue weighted by Crippen LogP contribution is -2.18. The van der Waals surface area contributed by atoms with Crippen LogP contribution in [0, 0.1) is 5.92 Å². The van der Waals surface area contributed by atoms with E-state index in [1.165, 1.54) is 353 Å². The van der Waals surface area contributed by atoms with E-state index in [9.17, 15) is 4.79 Å². The summed E-state index contributed by atoms with van der Waals surface area (Å²) in [4.78, 5) is 13.3. The smallest absolute Gasteiger partial charge is 0.308 e. The lowest BCUT2D eigenvalue weighted by atomic mass is 9.94. The standard InChI is InChI=1S/C64H128O2/c1-4-7-10-13-16-19-22-25-28-31-33-35-37-40-43-46-49-52-55-58-61-63(60-57-54-51-48-45-42-39-30-27-24-21-18-15-12-9-6-3)64(65)66-62-59-56-53-50-47-44-41-38-36-34-32-29-26-23-20-17-14-11-8-5-2/h63H,4-62H2,1-3H3. The van der Waals surface area contributed by atoms with Crippen LogP contribution in [0.2, 0.25) is 0 Å². The molecule has 0 heterocycles. The molecule has 0 N–H and O–H groups in total. The van der Waals surface area contributed by atoms with Gasteiger partial charge >= 0.3 is 5.97 Å². The quantitative estimate of drug-likeness (QED) is 0.0449. The van der Waals surface area contributed by atoms with E-state index in [-0.39, 0.29) is 11.9 Å². The van der Waals surface area contributed by atoms with Gasteiger partial charge in [0.2, 0.25) is 0 Å². The highest BCUT2D eigenvalue weighted by atomic mass is 16.5. The Hall–Kier alpha value is -0.530. The van der Waals surface area contributed by atoms with Gasteiger partial charge in [0.1, 0.15) is 0 Å². The first kappa shape index (κ1) is 65.5. The molecule has 0 aliphatic rings. The van der Waals surface area contributed by atoms with E-state index in [1.807, 2.05) is 0 Å². The summed E-state index contributed by atoms with van der Waals surface area (Å²) in [6, 6.07) is 0. The van der Waals surface area contributed by atoms with E-state index in [0.717, 1.165) is 19.3 Å². The van der Waals surface area contributed by atoms with Crippen molar-refractivity contribution in [1.29, 1.82) is 0 Å². The minimum absolute atomic E-state index is 0.131. The fourth-order valence-corrected chi connectivity index (χ4v) is 10.6. The zero-order valence-corrected chi connectivity index (χ0v) is 46.6. The van der Waals surface area contributed by atoms with Crippen molar-refractivity contribution in [3.63, 3.8) is 0 Å². The van der Waals surface area contributed by atoms with Crippen molar-refractivity contribution < 1.29 is 9.53 Å². The van der Waals surface area contributed by atoms with E-state index >= 15 is 0 Å². The summed E-state index contributed by atoms with van der Waals surface area (Å²) in [6.45, 7) is 7.57. The largest absolute Gasteiger partial charge is 0.465 e. The van der Waals surface area contributed by atoms with Crippen LogP contribution in [-0.4, -0.2) is 12.6 Å². The Morgan fingerprint density at radius 2 is 0.379 bits per heavy atom. The van der Waals surface area contributed by atoms with E-state index < -0.39 is 0 Å². The predicted octanol–water partition coefficient (Wildman–Crippen LogP) is 23.8. The zero-order valence-electron chi connectivity index (χ0n) is 46.6. The first-order chi connectivity index (χ1) is 32.8. The number of hydrogen-bond donors (Lipinski definition) is 0. The molecule has 0 aromatic rings. The Morgan fingerprint density at radius 3 is 0.561 bits per heavy atom. The van der Waals surface area contributed by atoms with Crippen LogP contribution in [0.1, 0.15) is 393 Å². The fraction of sp³-hybridized carbons (Fsp3) is 0.984. The molecule has 66 heavy (non-hydrogen) atoms. The Balaban J connectivity index is 4.05. The summed E-state index contributed by atoms with van der Waals surface area (Å²) >= 11 is 0. The average Bonchev–Trinajstić information content (AvgIpc) is 3.32. The summed E-state index contributed by atoms with van der Waals surface area (Å²) in [5.41, 5.74) is 0. The molecular weight excluding hydrogens is 801 g/mol. The minimum Gasteiger partial charge on any atom is -0.465 e. The van der Waals surface area contributed by atoms with Gasteiger partial charge in [0.05, 0.1) is 12.5 Å². The predicted molar refractivity (Wildman–Crippen MR) is 299 cm³/mol. The Kier molecular flexibility index (Phi) is 60.1. The van der Waals surface area contributed by atoms with E-state index in [4.69, 9.17) is 4.74 Å². The molecule has 0 rings (SSSR count). The number of hydrogen-bond acceptors (Lipinski definition) is 2. The summed E-state index contributed by atoms with van der Waals surface area (Å²) in [6.07, 6.45) is 80.8. The molecule has 0 bridgehead atoms. The van der Waals surface area contributed by atoms with Gasteiger partial charge in [-0.3, -0.25) is 4.79 Å². The molecule has 2 heteroatoms. The van der Waals surface area contributed by atoms with Crippen molar-refractivity contribution in [2.75, 3.05) is 6.61 Å². The zero-order chi connectivity index (χ0) is 47.6. The molecule has 1 atom stereocenters. The maximum absolute atomic E-state index is 13.3. The minimum atomic E-state index is 0.131. The fourth-order valence-electron chi connectivity index (χ4n) is 10.6. The van der Waals surface area contributed by atoms with Gasteiger partial charge in [-0.25, -0.2) is 0 Å². The third-order valence-corrected chi connectivity index (χ3v) is 15.4. The second-order valence-corrected chi connectivity index (χ2v) is 22.2. The van der Waals surface area contributed by atoms with Gasteiger partial charge in [-0.1, -0.05) is 374 Å². The van der Waals surface area contributed by atoms with Crippen molar-refractivity contribution in [3.8, 4) is 0 Å².